The summed E-state index contributed by atoms with van der Waals surface area (Å²) >= 11 is 1.49. The van der Waals surface area contributed by atoms with Gasteiger partial charge in [0.1, 0.15) is 10.9 Å². The highest BCUT2D eigenvalue weighted by Crippen LogP contribution is 2.26. The predicted molar refractivity (Wildman–Crippen MR) is 130 cm³/mol. The Bertz CT molecular complexity index is 1560. The third kappa shape index (κ3) is 3.48. The molecule has 162 valence electrons. The molecule has 0 radical (unpaired) electrons. The SMILES string of the molecule is Cc1ccc(N=c2sc3c4n(c(=O)/c(=C\Nc5ccc(C)cc5)c(=O)n24)C(C)CC3)cc1. The maximum absolute atomic E-state index is 13.5. The van der Waals surface area contributed by atoms with Crippen molar-refractivity contribution in [3.63, 3.8) is 0 Å². The minimum atomic E-state index is -0.344. The fraction of sp³-hybridized carbons (Fsp3) is 0.240. The van der Waals surface area contributed by atoms with Gasteiger partial charge in [0, 0.05) is 22.8 Å². The minimum absolute atomic E-state index is 0.0129. The van der Waals surface area contributed by atoms with Crippen LogP contribution in [0.15, 0.2) is 63.1 Å². The van der Waals surface area contributed by atoms with Gasteiger partial charge in [-0.3, -0.25) is 14.2 Å². The lowest BCUT2D eigenvalue weighted by molar-refractivity contribution is 0.480. The smallest absolute Gasteiger partial charge is 0.272 e. The number of anilines is 1. The second-order valence-corrected chi connectivity index (χ2v) is 9.41. The van der Waals surface area contributed by atoms with E-state index >= 15 is 0 Å². The second kappa shape index (κ2) is 7.91. The lowest BCUT2D eigenvalue weighted by Gasteiger charge is -2.21. The zero-order valence-electron chi connectivity index (χ0n) is 18.3. The van der Waals surface area contributed by atoms with Crippen LogP contribution in [-0.4, -0.2) is 8.97 Å². The van der Waals surface area contributed by atoms with E-state index in [1.165, 1.54) is 17.5 Å². The van der Waals surface area contributed by atoms with Crippen molar-refractivity contribution < 1.29 is 0 Å². The van der Waals surface area contributed by atoms with E-state index in [0.717, 1.165) is 40.2 Å². The van der Waals surface area contributed by atoms with Crippen molar-refractivity contribution in [2.24, 2.45) is 4.99 Å². The number of nitrogens with one attached hydrogen (secondary N) is 1. The number of benzene rings is 2. The number of aryl methyl sites for hydroxylation is 3. The van der Waals surface area contributed by atoms with E-state index in [2.05, 4.69) is 5.32 Å². The molecule has 0 bridgehead atoms. The van der Waals surface area contributed by atoms with Crippen molar-refractivity contribution in [1.82, 2.24) is 8.97 Å². The molecule has 1 aliphatic rings. The predicted octanol–water partition coefficient (Wildman–Crippen LogP) is 3.45. The van der Waals surface area contributed by atoms with Crippen LogP contribution in [-0.2, 0) is 6.42 Å². The average Bonchev–Trinajstić information content (AvgIpc) is 3.14. The topological polar surface area (TPSA) is 67.9 Å². The molecule has 1 atom stereocenters. The summed E-state index contributed by atoms with van der Waals surface area (Å²) in [6, 6.07) is 15.7. The maximum Gasteiger partial charge on any atom is 0.272 e. The average molecular weight is 445 g/mol. The standard InChI is InChI=1S/C25H24N4O2S/c1-15-4-9-18(10-5-15)26-14-20-23(30)28-17(3)8-13-21-22(28)29(24(20)31)25(32-21)27-19-11-6-16(2)7-12-19/h4-7,9-12,14,17,26H,8,13H2,1-3H3/b20-14+,27-25?. The Morgan fingerprint density at radius 1 is 1.00 bits per heavy atom. The first-order valence-corrected chi connectivity index (χ1v) is 11.5. The molecule has 5 rings (SSSR count). The lowest BCUT2D eigenvalue weighted by Crippen LogP contribution is -2.51. The molecule has 32 heavy (non-hydrogen) atoms. The van der Waals surface area contributed by atoms with E-state index in [1.807, 2.05) is 69.3 Å². The Kier molecular flexibility index (Phi) is 5.06. The van der Waals surface area contributed by atoms with Gasteiger partial charge in [-0.1, -0.05) is 46.7 Å². The third-order valence-electron chi connectivity index (χ3n) is 5.90. The van der Waals surface area contributed by atoms with Gasteiger partial charge in [-0.05, 0) is 57.9 Å². The summed E-state index contributed by atoms with van der Waals surface area (Å²) in [7, 11) is 0. The van der Waals surface area contributed by atoms with Crippen LogP contribution in [0.25, 0.3) is 11.8 Å². The van der Waals surface area contributed by atoms with E-state index in [9.17, 15) is 9.59 Å². The van der Waals surface area contributed by atoms with Crippen molar-refractivity contribution in [3.8, 4) is 0 Å². The van der Waals surface area contributed by atoms with Crippen LogP contribution in [0.4, 0.5) is 11.4 Å². The van der Waals surface area contributed by atoms with Gasteiger partial charge in [-0.25, -0.2) is 9.39 Å². The van der Waals surface area contributed by atoms with Crippen LogP contribution in [0.2, 0.25) is 0 Å². The van der Waals surface area contributed by atoms with Crippen LogP contribution >= 0.6 is 11.3 Å². The van der Waals surface area contributed by atoms with E-state index in [4.69, 9.17) is 4.99 Å². The Morgan fingerprint density at radius 3 is 2.34 bits per heavy atom. The molecule has 1 N–H and O–H groups in total. The molecule has 0 saturated carbocycles. The summed E-state index contributed by atoms with van der Waals surface area (Å²) in [5.41, 5.74) is 3.97. The summed E-state index contributed by atoms with van der Waals surface area (Å²) in [6.45, 7) is 6.07. The van der Waals surface area contributed by atoms with E-state index in [-0.39, 0.29) is 22.4 Å². The van der Waals surface area contributed by atoms with Crippen LogP contribution in [0.3, 0.4) is 0 Å². The number of rotatable bonds is 3. The normalized spacial score (nSPS) is 16.7. The Balaban J connectivity index is 1.78. The number of hydrogen-bond acceptors (Lipinski definition) is 5. The molecule has 0 fully saturated rings. The lowest BCUT2D eigenvalue weighted by atomic mass is 10.1. The van der Waals surface area contributed by atoms with Gasteiger partial charge >= 0.3 is 0 Å². The highest BCUT2D eigenvalue weighted by Gasteiger charge is 2.25. The molecule has 4 aromatic rings. The van der Waals surface area contributed by atoms with Crippen LogP contribution in [0, 0.1) is 13.8 Å². The fourth-order valence-corrected chi connectivity index (χ4v) is 5.18. The van der Waals surface area contributed by atoms with Gasteiger partial charge in [0.2, 0.25) is 0 Å². The Labute approximate surface area is 188 Å². The number of nitrogens with zero attached hydrogens (tertiary/aromatic N) is 3. The number of aromatic nitrogens is 2. The molecule has 7 heteroatoms. The zero-order chi connectivity index (χ0) is 22.4. The van der Waals surface area contributed by atoms with E-state index in [0.29, 0.717) is 10.4 Å². The summed E-state index contributed by atoms with van der Waals surface area (Å²) < 4.78 is 3.37. The summed E-state index contributed by atoms with van der Waals surface area (Å²) in [5.74, 6) is 0. The first-order chi connectivity index (χ1) is 15.4. The van der Waals surface area contributed by atoms with Gasteiger partial charge in [0.25, 0.3) is 11.1 Å². The van der Waals surface area contributed by atoms with Gasteiger partial charge in [0.15, 0.2) is 4.80 Å². The molecule has 2 aromatic carbocycles. The first-order valence-electron chi connectivity index (χ1n) is 10.7. The summed E-state index contributed by atoms with van der Waals surface area (Å²) in [4.78, 5) is 33.3. The monoisotopic (exact) mass is 444 g/mol. The van der Waals surface area contributed by atoms with Crippen LogP contribution in [0.1, 0.15) is 35.4 Å². The number of hydrogen-bond donors (Lipinski definition) is 1. The van der Waals surface area contributed by atoms with Gasteiger partial charge in [0.05, 0.1) is 5.69 Å². The summed E-state index contributed by atoms with van der Waals surface area (Å²) in [5, 5.41) is 3.23. The molecular formula is C25H24N4O2S. The molecule has 1 unspecified atom stereocenters. The Hall–Kier alpha value is -3.45. The molecule has 6 nitrogen and oxygen atoms in total. The highest BCUT2D eigenvalue weighted by molar-refractivity contribution is 7.09. The molecule has 0 amide bonds. The van der Waals surface area contributed by atoms with Crippen molar-refractivity contribution in [2.45, 2.75) is 39.7 Å². The molecule has 1 aliphatic heterocycles. The van der Waals surface area contributed by atoms with E-state index in [1.54, 1.807) is 8.97 Å². The molecule has 0 spiro atoms. The maximum atomic E-state index is 13.5. The van der Waals surface area contributed by atoms with Crippen LogP contribution in [0.5, 0.6) is 0 Å². The Morgan fingerprint density at radius 2 is 1.66 bits per heavy atom. The van der Waals surface area contributed by atoms with Gasteiger partial charge in [-0.2, -0.15) is 0 Å². The highest BCUT2D eigenvalue weighted by atomic mass is 32.1. The van der Waals surface area contributed by atoms with Crippen molar-refractivity contribution in [3.05, 3.63) is 95.3 Å². The third-order valence-corrected chi connectivity index (χ3v) is 6.99. The molecule has 0 aliphatic carbocycles. The van der Waals surface area contributed by atoms with Gasteiger partial charge < -0.3 is 5.32 Å². The van der Waals surface area contributed by atoms with Crippen molar-refractivity contribution in [1.29, 1.82) is 0 Å². The molecule has 2 aromatic heterocycles. The number of thiazole rings is 1. The molecule has 3 heterocycles. The largest absolute Gasteiger partial charge is 0.361 e. The van der Waals surface area contributed by atoms with Crippen molar-refractivity contribution >= 4 is 34.6 Å². The first kappa shape index (κ1) is 20.5. The zero-order valence-corrected chi connectivity index (χ0v) is 19.1. The minimum Gasteiger partial charge on any atom is -0.361 e. The van der Waals surface area contributed by atoms with Crippen molar-refractivity contribution in [2.75, 3.05) is 5.32 Å². The second-order valence-electron chi connectivity index (χ2n) is 8.35. The van der Waals surface area contributed by atoms with E-state index < -0.39 is 0 Å². The molecular weight excluding hydrogens is 420 g/mol. The van der Waals surface area contributed by atoms with Crippen LogP contribution < -0.4 is 26.5 Å². The fourth-order valence-electron chi connectivity index (χ4n) is 4.05. The van der Waals surface area contributed by atoms with Gasteiger partial charge in [-0.15, -0.1) is 0 Å². The summed E-state index contributed by atoms with van der Waals surface area (Å²) in [6.07, 6.45) is 3.22. The molecule has 0 saturated heterocycles. The quantitative estimate of drug-likeness (QED) is 0.526.